The lowest BCUT2D eigenvalue weighted by Crippen LogP contribution is -2.31. The quantitative estimate of drug-likeness (QED) is 0.0871. The summed E-state index contributed by atoms with van der Waals surface area (Å²) in [6, 6.07) is 0. The zero-order chi connectivity index (χ0) is 21.0. The van der Waals surface area contributed by atoms with Crippen LogP contribution < -0.4 is 0 Å². The van der Waals surface area contributed by atoms with Gasteiger partial charge in [-0.15, -0.1) is 4.33 Å². The first-order valence-corrected chi connectivity index (χ1v) is 11.5. The van der Waals surface area contributed by atoms with E-state index in [2.05, 4.69) is 30.1 Å². The van der Waals surface area contributed by atoms with Crippen LogP contribution in [0, 0.1) is 11.8 Å². The number of carbonyl (C=O) groups is 1. The predicted octanol–water partition coefficient (Wildman–Crippen LogP) is 5.74. The maximum atomic E-state index is 12.4. The largest absolute Gasteiger partial charge is 0.465 e. The highest BCUT2D eigenvalue weighted by Gasteiger charge is 2.31. The van der Waals surface area contributed by atoms with Crippen LogP contribution in [-0.2, 0) is 28.7 Å². The molecule has 1 N–H and O–H groups in total. The number of esters is 1. The molecule has 0 rings (SSSR count). The molecule has 28 heavy (non-hydrogen) atoms. The third-order valence-electron chi connectivity index (χ3n) is 4.79. The third kappa shape index (κ3) is 13.7. The topological polar surface area (TPSA) is 83.5 Å². The van der Waals surface area contributed by atoms with E-state index in [9.17, 15) is 4.79 Å². The Kier molecular flexibility index (Phi) is 19.6. The molecule has 0 saturated carbocycles. The first kappa shape index (κ1) is 27.6. The molecule has 0 radical (unpaired) electrons. The number of hydrogen-bond donors (Lipinski definition) is 1. The molecule has 0 aliphatic rings. The summed E-state index contributed by atoms with van der Waals surface area (Å²) in [4.78, 5) is 23.1. The lowest BCUT2D eigenvalue weighted by molar-refractivity contribution is -0.432. The Morgan fingerprint density at radius 2 is 1.64 bits per heavy atom. The minimum absolute atomic E-state index is 0.127. The number of rotatable bonds is 20. The van der Waals surface area contributed by atoms with E-state index in [4.69, 9.17) is 19.8 Å². The number of carbonyl (C=O) groups excluding carboxylic acids is 1. The van der Waals surface area contributed by atoms with E-state index in [0.717, 1.165) is 57.0 Å². The first-order chi connectivity index (χ1) is 13.6. The van der Waals surface area contributed by atoms with Gasteiger partial charge in [0.05, 0.1) is 31.0 Å². The summed E-state index contributed by atoms with van der Waals surface area (Å²) < 4.78 is 9.97. The first-order valence-electron chi connectivity index (χ1n) is 10.7. The highest BCUT2D eigenvalue weighted by Crippen LogP contribution is 2.26. The van der Waals surface area contributed by atoms with Crippen LogP contribution in [-0.4, -0.2) is 36.3 Å². The van der Waals surface area contributed by atoms with Crippen LogP contribution in [0.2, 0.25) is 0 Å². The van der Waals surface area contributed by atoms with Gasteiger partial charge in [0.1, 0.15) is 0 Å². The normalized spacial score (nSPS) is 14.6. The van der Waals surface area contributed by atoms with Gasteiger partial charge in [0.25, 0.3) is 0 Å². The molecule has 0 aromatic heterocycles. The summed E-state index contributed by atoms with van der Waals surface area (Å²) in [5.74, 6) is -0.286. The molecule has 7 nitrogen and oxygen atoms in total. The molecule has 0 fully saturated rings. The van der Waals surface area contributed by atoms with E-state index in [-0.39, 0.29) is 12.6 Å². The van der Waals surface area contributed by atoms with Gasteiger partial charge in [0.15, 0.2) is 0 Å². The van der Waals surface area contributed by atoms with Gasteiger partial charge in [0.2, 0.25) is 0 Å². The van der Waals surface area contributed by atoms with Crippen LogP contribution in [0.3, 0.4) is 0 Å². The van der Waals surface area contributed by atoms with Crippen LogP contribution in [0.15, 0.2) is 0 Å². The maximum absolute atomic E-state index is 12.4. The van der Waals surface area contributed by atoms with E-state index in [1.807, 2.05) is 6.92 Å². The Balaban J connectivity index is 4.42. The summed E-state index contributed by atoms with van der Waals surface area (Å²) in [6.07, 6.45) is 9.21. The Morgan fingerprint density at radius 3 is 2.25 bits per heavy atom. The number of hydrogen-bond acceptors (Lipinski definition) is 8. The van der Waals surface area contributed by atoms with Crippen molar-refractivity contribution in [3.8, 4) is 0 Å². The zero-order valence-electron chi connectivity index (χ0n) is 18.0. The van der Waals surface area contributed by atoms with E-state index in [0.29, 0.717) is 25.6 Å². The van der Waals surface area contributed by atoms with Crippen molar-refractivity contribution in [2.24, 2.45) is 11.8 Å². The van der Waals surface area contributed by atoms with Gasteiger partial charge in [-0.2, -0.15) is 0 Å². The summed E-state index contributed by atoms with van der Waals surface area (Å²) in [6.45, 7) is 9.40. The molecule has 0 aromatic carbocycles. The zero-order valence-corrected chi connectivity index (χ0v) is 18.8. The van der Waals surface area contributed by atoms with Crippen LogP contribution >= 0.6 is 12.0 Å². The fourth-order valence-corrected chi connectivity index (χ4v) is 3.51. The van der Waals surface area contributed by atoms with Crippen molar-refractivity contribution >= 4 is 18.0 Å². The van der Waals surface area contributed by atoms with Crippen LogP contribution in [0.25, 0.3) is 0 Å². The minimum Gasteiger partial charge on any atom is -0.465 e. The van der Waals surface area contributed by atoms with Crippen molar-refractivity contribution in [3.05, 3.63) is 0 Å². The Morgan fingerprint density at radius 1 is 0.929 bits per heavy atom. The third-order valence-corrected chi connectivity index (χ3v) is 5.64. The molecule has 0 bridgehead atoms. The highest BCUT2D eigenvalue weighted by molar-refractivity contribution is 7.95. The van der Waals surface area contributed by atoms with Crippen molar-refractivity contribution in [1.29, 1.82) is 0 Å². The van der Waals surface area contributed by atoms with Crippen molar-refractivity contribution in [1.82, 2.24) is 0 Å². The summed E-state index contributed by atoms with van der Waals surface area (Å²) >= 11 is 0.830. The van der Waals surface area contributed by atoms with Gasteiger partial charge < -0.3 is 4.74 Å². The van der Waals surface area contributed by atoms with Crippen LogP contribution in [0.5, 0.6) is 0 Å². The van der Waals surface area contributed by atoms with Gasteiger partial charge >= 0.3 is 5.97 Å². The summed E-state index contributed by atoms with van der Waals surface area (Å²) in [5, 5.41) is 11.7. The molecule has 0 spiro atoms. The fourth-order valence-electron chi connectivity index (χ4n) is 2.83. The molecule has 0 saturated heterocycles. The average molecular weight is 425 g/mol. The lowest BCUT2D eigenvalue weighted by atomic mass is 10.0. The molecule has 0 amide bonds. The second-order valence-electron chi connectivity index (χ2n) is 7.01. The van der Waals surface area contributed by atoms with E-state index in [1.54, 1.807) is 0 Å². The van der Waals surface area contributed by atoms with Gasteiger partial charge in [-0.05, 0) is 25.2 Å². The van der Waals surface area contributed by atoms with Crippen LogP contribution in [0.4, 0.5) is 0 Å². The number of unbranched alkanes of at least 4 members (excludes halogenated alkanes) is 4. The average Bonchev–Trinajstić information content (AvgIpc) is 2.71. The molecule has 0 aliphatic heterocycles. The van der Waals surface area contributed by atoms with Crippen molar-refractivity contribution < 1.29 is 33.9 Å². The van der Waals surface area contributed by atoms with Crippen molar-refractivity contribution in [2.45, 2.75) is 90.7 Å². The molecular weight excluding hydrogens is 384 g/mol. The highest BCUT2D eigenvalue weighted by atomic mass is 32.2. The van der Waals surface area contributed by atoms with E-state index >= 15 is 0 Å². The molecule has 0 heterocycles. The maximum Gasteiger partial charge on any atom is 0.310 e. The van der Waals surface area contributed by atoms with E-state index < -0.39 is 11.2 Å². The van der Waals surface area contributed by atoms with Gasteiger partial charge in [-0.3, -0.25) is 4.79 Å². The Hall–Kier alpha value is -0.380. The molecule has 3 atom stereocenters. The Labute approximate surface area is 174 Å². The number of ether oxygens (including phenoxy) is 1. The van der Waals surface area contributed by atoms with E-state index in [1.165, 1.54) is 6.42 Å². The summed E-state index contributed by atoms with van der Waals surface area (Å²) in [7, 11) is 0. The second kappa shape index (κ2) is 19.9. The molecule has 168 valence electrons. The monoisotopic (exact) mass is 424 g/mol. The van der Waals surface area contributed by atoms with Crippen molar-refractivity contribution in [2.75, 3.05) is 19.8 Å². The molecular formula is C20H40O7S. The summed E-state index contributed by atoms with van der Waals surface area (Å²) in [5.41, 5.74) is 0. The smallest absolute Gasteiger partial charge is 0.310 e. The predicted molar refractivity (Wildman–Crippen MR) is 110 cm³/mol. The molecule has 0 aliphatic carbocycles. The van der Waals surface area contributed by atoms with Gasteiger partial charge in [0, 0.05) is 12.0 Å². The standard InChI is InChI=1S/C20H40O7S/c1-5-9-11-12-14-23-20(21)18(8-4)19(28-27-26-22)16-25-24-15-17(7-3)13-10-6-2/h17-19,22H,5-16H2,1-4H3. The lowest BCUT2D eigenvalue weighted by Gasteiger charge is -2.22. The van der Waals surface area contributed by atoms with Crippen LogP contribution in [0.1, 0.15) is 85.5 Å². The van der Waals surface area contributed by atoms with Gasteiger partial charge in [-0.25, -0.2) is 15.0 Å². The van der Waals surface area contributed by atoms with Crippen molar-refractivity contribution in [3.63, 3.8) is 0 Å². The molecule has 8 heteroatoms. The SMILES string of the molecule is CCCCCCOC(=O)C(CC)C(COOCC(CC)CCCC)SOOO. The fraction of sp³-hybridized carbons (Fsp3) is 0.950. The minimum atomic E-state index is -0.447. The molecule has 3 unspecified atom stereocenters. The van der Waals surface area contributed by atoms with Gasteiger partial charge in [-0.1, -0.05) is 71.3 Å². The second-order valence-corrected chi connectivity index (χ2v) is 7.94. The molecule has 0 aromatic rings. The Bertz CT molecular complexity index is 357.